The Morgan fingerprint density at radius 1 is 1.18 bits per heavy atom. The molecule has 1 aliphatic heterocycles. The number of aliphatic carboxylic acids is 1. The fourth-order valence-corrected chi connectivity index (χ4v) is 4.03. The number of para-hydroxylation sites is 2. The smallest absolute Gasteiger partial charge is 0.304 e. The number of carboxylic acids is 1. The number of benzene rings is 3. The Kier molecular flexibility index (Phi) is 8.41. The SMILES string of the molecule is COC[C@@H](CC(=O)O)c1ccc(N2CCOc3ccccc32)c(Nc2ccc(C#N)cc2)c1.S. The van der Waals surface area contributed by atoms with Crippen LogP contribution in [-0.2, 0) is 9.53 Å². The zero-order chi connectivity index (χ0) is 23.2. The lowest BCUT2D eigenvalue weighted by Crippen LogP contribution is -2.29. The van der Waals surface area contributed by atoms with Gasteiger partial charge in [0.2, 0.25) is 0 Å². The number of nitrogens with one attached hydrogen (secondary N) is 1. The van der Waals surface area contributed by atoms with Crippen molar-refractivity contribution in [3.63, 3.8) is 0 Å². The van der Waals surface area contributed by atoms with Gasteiger partial charge in [0.15, 0.2) is 0 Å². The van der Waals surface area contributed by atoms with Crippen molar-refractivity contribution in [2.75, 3.05) is 37.1 Å². The molecule has 4 rings (SSSR count). The van der Waals surface area contributed by atoms with E-state index in [1.165, 1.54) is 0 Å². The van der Waals surface area contributed by atoms with Gasteiger partial charge in [-0.2, -0.15) is 18.8 Å². The van der Waals surface area contributed by atoms with Crippen LogP contribution in [0.4, 0.5) is 22.7 Å². The molecule has 8 heteroatoms. The molecule has 34 heavy (non-hydrogen) atoms. The minimum Gasteiger partial charge on any atom is -0.490 e. The van der Waals surface area contributed by atoms with Gasteiger partial charge in [-0.25, -0.2) is 0 Å². The first-order valence-electron chi connectivity index (χ1n) is 10.7. The normalized spacial score (nSPS) is 13.0. The van der Waals surface area contributed by atoms with Gasteiger partial charge in [-0.3, -0.25) is 4.79 Å². The summed E-state index contributed by atoms with van der Waals surface area (Å²) < 4.78 is 11.1. The molecule has 0 saturated carbocycles. The predicted octanol–water partition coefficient (Wildman–Crippen LogP) is 5.15. The van der Waals surface area contributed by atoms with E-state index in [2.05, 4.69) is 16.3 Å². The second-order valence-corrected chi connectivity index (χ2v) is 7.81. The molecule has 1 aliphatic rings. The molecule has 0 amide bonds. The number of nitriles is 1. The number of fused-ring (bicyclic) bond motifs is 1. The fourth-order valence-electron chi connectivity index (χ4n) is 4.03. The number of methoxy groups -OCH3 is 1. The van der Waals surface area contributed by atoms with E-state index < -0.39 is 5.97 Å². The Bertz CT molecular complexity index is 1180. The van der Waals surface area contributed by atoms with E-state index in [0.717, 1.165) is 34.1 Å². The van der Waals surface area contributed by atoms with Crippen molar-refractivity contribution < 1.29 is 19.4 Å². The number of hydrogen-bond acceptors (Lipinski definition) is 6. The summed E-state index contributed by atoms with van der Waals surface area (Å²) in [4.78, 5) is 13.6. The third-order valence-corrected chi connectivity index (χ3v) is 5.59. The van der Waals surface area contributed by atoms with Crippen molar-refractivity contribution >= 4 is 42.2 Å². The van der Waals surface area contributed by atoms with Crippen LogP contribution >= 0.6 is 13.5 Å². The molecule has 1 heterocycles. The average molecular weight is 478 g/mol. The van der Waals surface area contributed by atoms with Gasteiger partial charge >= 0.3 is 5.97 Å². The van der Waals surface area contributed by atoms with Gasteiger partial charge in [-0.05, 0) is 54.1 Å². The van der Waals surface area contributed by atoms with Crippen LogP contribution in [0.15, 0.2) is 66.7 Å². The van der Waals surface area contributed by atoms with Crippen molar-refractivity contribution in [2.24, 2.45) is 0 Å². The van der Waals surface area contributed by atoms with E-state index in [1.807, 2.05) is 54.6 Å². The third-order valence-electron chi connectivity index (χ3n) is 5.59. The van der Waals surface area contributed by atoms with Crippen molar-refractivity contribution in [1.29, 1.82) is 5.26 Å². The van der Waals surface area contributed by atoms with E-state index in [9.17, 15) is 9.90 Å². The monoisotopic (exact) mass is 477 g/mol. The highest BCUT2D eigenvalue weighted by molar-refractivity contribution is 7.59. The summed E-state index contributed by atoms with van der Waals surface area (Å²) in [6, 6.07) is 23.2. The Labute approximate surface area is 206 Å². The van der Waals surface area contributed by atoms with E-state index in [-0.39, 0.29) is 25.8 Å². The van der Waals surface area contributed by atoms with Crippen molar-refractivity contribution in [3.05, 3.63) is 77.9 Å². The van der Waals surface area contributed by atoms with Gasteiger partial charge in [0.1, 0.15) is 12.4 Å². The van der Waals surface area contributed by atoms with Gasteiger partial charge in [-0.15, -0.1) is 0 Å². The van der Waals surface area contributed by atoms with Crippen LogP contribution in [-0.4, -0.2) is 37.9 Å². The highest BCUT2D eigenvalue weighted by atomic mass is 32.1. The number of carboxylic acid groups (broad SMARTS) is 1. The quantitative estimate of drug-likeness (QED) is 0.463. The van der Waals surface area contributed by atoms with E-state index in [1.54, 1.807) is 19.2 Å². The Hall–Kier alpha value is -3.67. The van der Waals surface area contributed by atoms with Crippen LogP contribution < -0.4 is 15.0 Å². The highest BCUT2D eigenvalue weighted by Crippen LogP contribution is 2.41. The molecule has 7 nitrogen and oxygen atoms in total. The van der Waals surface area contributed by atoms with Crippen molar-refractivity contribution in [1.82, 2.24) is 0 Å². The number of anilines is 4. The molecule has 0 aromatic heterocycles. The number of nitrogens with zero attached hydrogens (tertiary/aromatic N) is 2. The predicted molar refractivity (Wildman–Crippen MR) is 137 cm³/mol. The molecule has 0 bridgehead atoms. The Balaban J connectivity index is 0.00000324. The maximum atomic E-state index is 11.4. The number of carbonyl (C=O) groups is 1. The standard InChI is InChI=1S/C26H25N3O4.H2S/c1-32-17-20(15-26(30)31)19-8-11-23(29-12-13-33-25-5-3-2-4-24(25)29)22(14-19)28-21-9-6-18(16-27)7-10-21;/h2-11,14,20,28H,12-13,15,17H2,1H3,(H,30,31);1H2/t20-;/m1./s1. The second kappa shape index (κ2) is 11.5. The van der Waals surface area contributed by atoms with E-state index in [0.29, 0.717) is 25.3 Å². The molecule has 2 N–H and O–H groups in total. The molecule has 0 radical (unpaired) electrons. The Morgan fingerprint density at radius 2 is 1.94 bits per heavy atom. The minimum absolute atomic E-state index is 0. The average Bonchev–Trinajstić information content (AvgIpc) is 2.84. The molecule has 0 spiro atoms. The van der Waals surface area contributed by atoms with Crippen molar-refractivity contribution in [2.45, 2.75) is 12.3 Å². The molecule has 3 aromatic carbocycles. The molecule has 0 saturated heterocycles. The number of rotatable bonds is 8. The maximum absolute atomic E-state index is 11.4. The van der Waals surface area contributed by atoms with Gasteiger partial charge < -0.3 is 24.8 Å². The maximum Gasteiger partial charge on any atom is 0.304 e. The first kappa shape index (κ1) is 25.0. The van der Waals surface area contributed by atoms with Crippen LogP contribution in [0.25, 0.3) is 0 Å². The Morgan fingerprint density at radius 3 is 2.65 bits per heavy atom. The number of ether oxygens (including phenoxy) is 2. The molecule has 0 unspecified atom stereocenters. The van der Waals surface area contributed by atoms with Crippen LogP contribution in [0.2, 0.25) is 0 Å². The molecule has 1 atom stereocenters. The van der Waals surface area contributed by atoms with Crippen LogP contribution in [0.1, 0.15) is 23.5 Å². The number of hydrogen-bond donors (Lipinski definition) is 2. The van der Waals surface area contributed by atoms with Gasteiger partial charge in [0, 0.05) is 18.7 Å². The summed E-state index contributed by atoms with van der Waals surface area (Å²) in [7, 11) is 1.57. The molecule has 0 fully saturated rings. The third kappa shape index (κ3) is 5.63. The van der Waals surface area contributed by atoms with E-state index >= 15 is 0 Å². The zero-order valence-corrected chi connectivity index (χ0v) is 19.8. The summed E-state index contributed by atoms with van der Waals surface area (Å²) in [5, 5.41) is 21.9. The summed E-state index contributed by atoms with van der Waals surface area (Å²) in [5.74, 6) is -0.329. The summed E-state index contributed by atoms with van der Waals surface area (Å²) >= 11 is 0. The van der Waals surface area contributed by atoms with Gasteiger partial charge in [-0.1, -0.05) is 18.2 Å². The van der Waals surface area contributed by atoms with Gasteiger partial charge in [0.05, 0.1) is 48.3 Å². The lowest BCUT2D eigenvalue weighted by Gasteiger charge is -2.33. The van der Waals surface area contributed by atoms with Crippen LogP contribution in [0.5, 0.6) is 5.75 Å². The minimum atomic E-state index is -0.871. The van der Waals surface area contributed by atoms with Crippen LogP contribution in [0, 0.1) is 11.3 Å². The topological polar surface area (TPSA) is 94.8 Å². The fraction of sp³-hybridized carbons (Fsp3) is 0.231. The zero-order valence-electron chi connectivity index (χ0n) is 18.8. The molecular weight excluding hydrogens is 450 g/mol. The highest BCUT2D eigenvalue weighted by Gasteiger charge is 2.23. The lowest BCUT2D eigenvalue weighted by atomic mass is 9.95. The summed E-state index contributed by atoms with van der Waals surface area (Å²) in [6.45, 7) is 1.54. The molecular formula is C26H27N3O4S. The second-order valence-electron chi connectivity index (χ2n) is 7.81. The summed E-state index contributed by atoms with van der Waals surface area (Å²) in [6.07, 6.45) is -0.0239. The van der Waals surface area contributed by atoms with Crippen molar-refractivity contribution in [3.8, 4) is 11.8 Å². The largest absolute Gasteiger partial charge is 0.490 e. The van der Waals surface area contributed by atoms with E-state index in [4.69, 9.17) is 14.7 Å². The molecule has 3 aromatic rings. The molecule has 0 aliphatic carbocycles. The molecule has 176 valence electrons. The van der Waals surface area contributed by atoms with Gasteiger partial charge in [0.25, 0.3) is 0 Å². The first-order chi connectivity index (χ1) is 16.1. The first-order valence-corrected chi connectivity index (χ1v) is 10.7. The summed E-state index contributed by atoms with van der Waals surface area (Å²) in [5.41, 5.74) is 5.04. The van der Waals surface area contributed by atoms with Crippen LogP contribution in [0.3, 0.4) is 0 Å². The lowest BCUT2D eigenvalue weighted by molar-refractivity contribution is -0.137.